The molecular formula is C102H144. The molecule has 0 amide bonds. The van der Waals surface area contributed by atoms with Crippen molar-refractivity contribution in [3.63, 3.8) is 0 Å². The van der Waals surface area contributed by atoms with E-state index in [-0.39, 0.29) is 65.0 Å². The highest BCUT2D eigenvalue weighted by Gasteiger charge is 2.69. The molecule has 6 aliphatic carbocycles. The number of hydrogen-bond donors (Lipinski definition) is 0. The van der Waals surface area contributed by atoms with Crippen molar-refractivity contribution >= 4 is 16.7 Å². The van der Waals surface area contributed by atoms with E-state index in [1.54, 1.807) is 77.9 Å². The van der Waals surface area contributed by atoms with Gasteiger partial charge >= 0.3 is 0 Å². The smallest absolute Gasteiger partial charge is 0.0213 e. The van der Waals surface area contributed by atoms with Crippen molar-refractivity contribution in [3.8, 4) is 0 Å². The molecule has 0 aromatic heterocycles. The van der Waals surface area contributed by atoms with E-state index in [4.69, 9.17) is 0 Å². The average Bonchev–Trinajstić information content (AvgIpc) is 1.50. The summed E-state index contributed by atoms with van der Waals surface area (Å²) in [4.78, 5) is 0. The fourth-order valence-corrected chi connectivity index (χ4v) is 26.2. The third-order valence-corrected chi connectivity index (χ3v) is 35.2. The highest BCUT2D eigenvalue weighted by molar-refractivity contribution is 5.91. The van der Waals surface area contributed by atoms with Crippen molar-refractivity contribution in [2.75, 3.05) is 0 Å². The SMILES string of the molecule is CC1=C(C2(C)C(C)(C)c3c(C)c(C)c(C)c(C)c3C2(C)C)C(C)(C)c2c(C)c(C)c(C)c(C)c21.CC1=C(C2(C)C(C)(C)c3c(C)c(C)c(C)c(C)c3C2(C)C)c2c(C)c(C)c(C)c(C)c2C1(C)C.CC1=C(C2(C)c3c(C)c(C)c(C)c(C)c3C(C)(C)C2(C)C)C(C)(C)c2c(C)c(C)c(C)c(C)c21. The summed E-state index contributed by atoms with van der Waals surface area (Å²) in [5.41, 5.74) is 64.2. The first-order valence-electron chi connectivity index (χ1n) is 39.8. The third-order valence-electron chi connectivity index (χ3n) is 35.2. The van der Waals surface area contributed by atoms with Crippen LogP contribution in [0.1, 0.15) is 366 Å². The van der Waals surface area contributed by atoms with E-state index < -0.39 is 0 Å². The molecular weight excluding hydrogens is 1230 g/mol. The van der Waals surface area contributed by atoms with Crippen LogP contribution in [-0.4, -0.2) is 0 Å². The molecule has 0 saturated heterocycles. The van der Waals surface area contributed by atoms with Crippen LogP contribution in [0.3, 0.4) is 0 Å². The number of fused-ring (bicyclic) bond motifs is 6. The monoisotopic (exact) mass is 1370 g/mol. The fraction of sp³-hybridized carbons (Fsp3) is 0.588. The summed E-state index contributed by atoms with van der Waals surface area (Å²) >= 11 is 0. The zero-order valence-electron chi connectivity index (χ0n) is 75.0. The molecule has 0 heteroatoms. The molecule has 0 bridgehead atoms. The molecule has 0 heterocycles. The maximum atomic E-state index is 2.60. The predicted molar refractivity (Wildman–Crippen MR) is 452 cm³/mol. The van der Waals surface area contributed by atoms with Gasteiger partial charge in [-0.1, -0.05) is 151 Å². The van der Waals surface area contributed by atoms with E-state index in [9.17, 15) is 0 Å². The van der Waals surface area contributed by atoms with Crippen LogP contribution in [0.15, 0.2) is 16.7 Å². The number of benzene rings is 6. The van der Waals surface area contributed by atoms with Gasteiger partial charge in [0.15, 0.2) is 0 Å². The summed E-state index contributed by atoms with van der Waals surface area (Å²) in [6.45, 7) is 117. The maximum Gasteiger partial charge on any atom is 0.0213 e. The van der Waals surface area contributed by atoms with Gasteiger partial charge in [-0.25, -0.2) is 0 Å². The molecule has 0 aliphatic heterocycles. The Balaban J connectivity index is 0.000000165. The Labute approximate surface area is 627 Å². The van der Waals surface area contributed by atoms with Gasteiger partial charge in [-0.15, -0.1) is 0 Å². The van der Waals surface area contributed by atoms with Crippen molar-refractivity contribution in [1.82, 2.24) is 0 Å². The Morgan fingerprint density at radius 3 is 0.667 bits per heavy atom. The molecule has 6 aliphatic rings. The van der Waals surface area contributed by atoms with E-state index in [2.05, 4.69) is 332 Å². The minimum atomic E-state index is -0.0631. The standard InChI is InChI=1S/3C34H48/c1-17-18(2)22(6)27-26(21(17)5)30(25(9)31(27,10)11)34(16)32(12,13)28-23(7)19(3)20(4)24(8)29(28)33(34,14)15;1-17-18(2)22(6)27-26(21(17)5)25(9)30(31(27,10)11)34(16)29-24(8)20(4)19(3)23(7)28(29)32(12,13)33(34,14)15;1-17-18(2)22(6)27-26(21(17)5)25(9)30(31(27,10)11)34(16)32(12,13)28-23(7)19(3)20(4)24(8)29(28)33(34,14)15/h3*1-16H3. The van der Waals surface area contributed by atoms with Gasteiger partial charge < -0.3 is 0 Å². The molecule has 1 unspecified atom stereocenters. The van der Waals surface area contributed by atoms with Crippen molar-refractivity contribution < 1.29 is 0 Å². The van der Waals surface area contributed by atoms with Gasteiger partial charge in [-0.2, -0.15) is 0 Å². The summed E-state index contributed by atoms with van der Waals surface area (Å²) in [5, 5.41) is 0. The lowest BCUT2D eigenvalue weighted by Gasteiger charge is -2.53. The van der Waals surface area contributed by atoms with Gasteiger partial charge in [-0.05, 0) is 426 Å². The molecule has 0 nitrogen and oxygen atoms in total. The number of rotatable bonds is 3. The molecule has 1 atom stereocenters. The topological polar surface area (TPSA) is 0 Å². The predicted octanol–water partition coefficient (Wildman–Crippen LogP) is 28.5. The molecule has 102 heavy (non-hydrogen) atoms. The van der Waals surface area contributed by atoms with Gasteiger partial charge in [-0.3, -0.25) is 0 Å². The molecule has 12 rings (SSSR count). The molecule has 0 saturated carbocycles. The third kappa shape index (κ3) is 8.80. The Morgan fingerprint density at radius 2 is 0.373 bits per heavy atom. The first-order chi connectivity index (χ1) is 45.9. The molecule has 6 aromatic rings. The normalized spacial score (nSPS) is 22.1. The summed E-state index contributed by atoms with van der Waals surface area (Å²) in [5.74, 6) is 0. The average molecular weight is 1370 g/mol. The van der Waals surface area contributed by atoms with E-state index in [1.165, 1.54) is 156 Å². The van der Waals surface area contributed by atoms with Crippen molar-refractivity contribution in [3.05, 3.63) is 217 Å². The Morgan fingerprint density at radius 1 is 0.167 bits per heavy atom. The van der Waals surface area contributed by atoms with Crippen LogP contribution in [0.2, 0.25) is 0 Å². The van der Waals surface area contributed by atoms with Crippen LogP contribution < -0.4 is 0 Å². The largest absolute Gasteiger partial charge is 0.0588 e. The van der Waals surface area contributed by atoms with Gasteiger partial charge in [0.1, 0.15) is 0 Å². The lowest BCUT2D eigenvalue weighted by molar-refractivity contribution is 0.127. The molecule has 0 fully saturated rings. The van der Waals surface area contributed by atoms with Crippen molar-refractivity contribution in [1.29, 1.82) is 0 Å². The summed E-state index contributed by atoms with van der Waals surface area (Å²) in [6.07, 6.45) is 0. The van der Waals surface area contributed by atoms with Gasteiger partial charge in [0.05, 0.1) is 0 Å². The molecule has 0 spiro atoms. The minimum Gasteiger partial charge on any atom is -0.0588 e. The van der Waals surface area contributed by atoms with Crippen molar-refractivity contribution in [2.45, 2.75) is 381 Å². The maximum absolute atomic E-state index is 2.60. The second-order valence-electron chi connectivity index (χ2n) is 40.5. The highest BCUT2D eigenvalue weighted by atomic mass is 14.7. The Bertz CT molecular complexity index is 4790. The zero-order chi connectivity index (χ0) is 78.2. The fourth-order valence-electron chi connectivity index (χ4n) is 26.2. The van der Waals surface area contributed by atoms with Crippen LogP contribution >= 0.6 is 0 Å². The lowest BCUT2D eigenvalue weighted by Crippen LogP contribution is -2.50. The molecule has 0 N–H and O–H groups in total. The first-order valence-corrected chi connectivity index (χ1v) is 39.8. The zero-order valence-corrected chi connectivity index (χ0v) is 75.0. The Kier molecular flexibility index (Phi) is 17.9. The van der Waals surface area contributed by atoms with Crippen LogP contribution in [0.5, 0.6) is 0 Å². The minimum absolute atomic E-state index is 0.00650. The van der Waals surface area contributed by atoms with Crippen molar-refractivity contribution in [2.24, 2.45) is 16.2 Å². The van der Waals surface area contributed by atoms with E-state index in [1.807, 2.05) is 0 Å². The quantitative estimate of drug-likeness (QED) is 0.166. The summed E-state index contributed by atoms with van der Waals surface area (Å²) in [6, 6.07) is 0. The summed E-state index contributed by atoms with van der Waals surface area (Å²) < 4.78 is 0. The highest BCUT2D eigenvalue weighted by Crippen LogP contribution is 2.76. The van der Waals surface area contributed by atoms with E-state index in [0.29, 0.717) is 0 Å². The van der Waals surface area contributed by atoms with E-state index >= 15 is 0 Å². The molecule has 0 radical (unpaired) electrons. The summed E-state index contributed by atoms with van der Waals surface area (Å²) in [7, 11) is 0. The Hall–Kier alpha value is -5.46. The van der Waals surface area contributed by atoms with Gasteiger partial charge in [0.25, 0.3) is 0 Å². The lowest BCUT2D eigenvalue weighted by atomic mass is 9.50. The number of allylic oxidation sites excluding steroid dienone is 6. The van der Waals surface area contributed by atoms with Crippen LogP contribution in [-0.2, 0) is 48.7 Å². The van der Waals surface area contributed by atoms with Crippen LogP contribution in [0.4, 0.5) is 0 Å². The van der Waals surface area contributed by atoms with Crippen LogP contribution in [0, 0.1) is 182 Å². The van der Waals surface area contributed by atoms with E-state index in [0.717, 1.165) is 0 Å². The first kappa shape index (κ1) is 79.1. The molecule has 552 valence electrons. The van der Waals surface area contributed by atoms with Crippen LogP contribution in [0.25, 0.3) is 16.7 Å². The van der Waals surface area contributed by atoms with Gasteiger partial charge in [0, 0.05) is 54.1 Å². The second kappa shape index (κ2) is 23.0. The number of hydrogen-bond acceptors (Lipinski definition) is 0. The molecule has 6 aromatic carbocycles. The second-order valence-corrected chi connectivity index (χ2v) is 40.5. The van der Waals surface area contributed by atoms with Gasteiger partial charge in [0.2, 0.25) is 0 Å².